The fourth-order valence-electron chi connectivity index (χ4n) is 1.92. The molecular formula is C15H22N2O7S. The van der Waals surface area contributed by atoms with Gasteiger partial charge < -0.3 is 14.8 Å². The molecule has 1 aromatic carbocycles. The second-order valence-electron chi connectivity index (χ2n) is 5.19. The number of hydrogen-bond acceptors (Lipinski definition) is 6. The van der Waals surface area contributed by atoms with Crippen LogP contribution in [0.4, 0.5) is 10.5 Å². The molecule has 0 aliphatic carbocycles. The highest BCUT2D eigenvalue weighted by Crippen LogP contribution is 2.13. The Kier molecular flexibility index (Phi) is 8.16. The molecule has 1 unspecified atom stereocenters. The SMILES string of the molecule is CCCCOC(=O)NC(Cc1ccc(NS(=O)(=O)O)cc1)C(=O)OC. The predicted molar refractivity (Wildman–Crippen MR) is 90.5 cm³/mol. The fraction of sp³-hybridized carbons (Fsp3) is 0.467. The van der Waals surface area contributed by atoms with Crippen LogP contribution in [-0.2, 0) is 31.0 Å². The summed E-state index contributed by atoms with van der Waals surface area (Å²) in [5.74, 6) is -0.632. The monoisotopic (exact) mass is 374 g/mol. The standard InChI is InChI=1S/C15H22N2O7S/c1-3-4-9-24-15(19)16-13(14(18)23-2)10-11-5-7-12(8-6-11)17-25(20,21)22/h5-8,13,17H,3-4,9-10H2,1-2H3,(H,16,19)(H,20,21,22). The van der Waals surface area contributed by atoms with Crippen molar-refractivity contribution in [3.05, 3.63) is 29.8 Å². The molecular weight excluding hydrogens is 352 g/mol. The first-order chi connectivity index (χ1) is 11.7. The van der Waals surface area contributed by atoms with E-state index in [4.69, 9.17) is 9.29 Å². The fourth-order valence-corrected chi connectivity index (χ4v) is 2.36. The van der Waals surface area contributed by atoms with Gasteiger partial charge in [0.05, 0.1) is 19.4 Å². The molecule has 0 heterocycles. The van der Waals surface area contributed by atoms with Gasteiger partial charge in [0.15, 0.2) is 0 Å². The lowest BCUT2D eigenvalue weighted by molar-refractivity contribution is -0.143. The van der Waals surface area contributed by atoms with Gasteiger partial charge in [0.1, 0.15) is 6.04 Å². The lowest BCUT2D eigenvalue weighted by atomic mass is 10.1. The molecule has 0 aliphatic rings. The highest BCUT2D eigenvalue weighted by Gasteiger charge is 2.22. The summed E-state index contributed by atoms with van der Waals surface area (Å²) in [4.78, 5) is 23.5. The maximum Gasteiger partial charge on any atom is 0.407 e. The zero-order valence-corrected chi connectivity index (χ0v) is 14.8. The van der Waals surface area contributed by atoms with Crippen LogP contribution in [0.2, 0.25) is 0 Å². The number of methoxy groups -OCH3 is 1. The van der Waals surface area contributed by atoms with Crippen molar-refractivity contribution in [1.29, 1.82) is 0 Å². The van der Waals surface area contributed by atoms with Crippen molar-refractivity contribution < 1.29 is 32.0 Å². The van der Waals surface area contributed by atoms with E-state index in [1.165, 1.54) is 19.2 Å². The van der Waals surface area contributed by atoms with E-state index in [-0.39, 0.29) is 18.7 Å². The number of rotatable bonds is 9. The molecule has 0 spiro atoms. The number of hydrogen-bond donors (Lipinski definition) is 3. The van der Waals surface area contributed by atoms with E-state index in [9.17, 15) is 18.0 Å². The lowest BCUT2D eigenvalue weighted by Gasteiger charge is -2.16. The topological polar surface area (TPSA) is 131 Å². The molecule has 0 aromatic heterocycles. The molecule has 3 N–H and O–H groups in total. The number of carbonyl (C=O) groups is 2. The van der Waals surface area contributed by atoms with E-state index in [1.54, 1.807) is 12.1 Å². The van der Waals surface area contributed by atoms with Crippen molar-refractivity contribution in [3.8, 4) is 0 Å². The minimum atomic E-state index is -4.36. The van der Waals surface area contributed by atoms with Crippen LogP contribution in [0.1, 0.15) is 25.3 Å². The Morgan fingerprint density at radius 1 is 1.24 bits per heavy atom. The van der Waals surface area contributed by atoms with Crippen LogP contribution in [0.3, 0.4) is 0 Å². The number of amides is 1. The molecule has 9 nitrogen and oxygen atoms in total. The highest BCUT2D eigenvalue weighted by atomic mass is 32.2. The van der Waals surface area contributed by atoms with Crippen LogP contribution < -0.4 is 10.0 Å². The second-order valence-corrected chi connectivity index (χ2v) is 6.34. The Balaban J connectivity index is 2.71. The smallest absolute Gasteiger partial charge is 0.407 e. The predicted octanol–water partition coefficient (Wildman–Crippen LogP) is 1.51. The minimum Gasteiger partial charge on any atom is -0.467 e. The van der Waals surface area contributed by atoms with Gasteiger partial charge in [-0.05, 0) is 24.1 Å². The molecule has 25 heavy (non-hydrogen) atoms. The number of anilines is 1. The third kappa shape index (κ3) is 8.36. The summed E-state index contributed by atoms with van der Waals surface area (Å²) < 4.78 is 41.7. The van der Waals surface area contributed by atoms with Crippen LogP contribution in [0.5, 0.6) is 0 Å². The summed E-state index contributed by atoms with van der Waals surface area (Å²) in [7, 11) is -3.15. The van der Waals surface area contributed by atoms with Crippen LogP contribution in [0.25, 0.3) is 0 Å². The van der Waals surface area contributed by atoms with Gasteiger partial charge in [-0.2, -0.15) is 8.42 Å². The van der Waals surface area contributed by atoms with E-state index >= 15 is 0 Å². The number of alkyl carbamates (subject to hydrolysis) is 1. The number of unbranched alkanes of at least 4 members (excludes halogenated alkanes) is 1. The van der Waals surface area contributed by atoms with Gasteiger partial charge in [-0.3, -0.25) is 9.27 Å². The van der Waals surface area contributed by atoms with Crippen LogP contribution in [-0.4, -0.2) is 44.8 Å². The Bertz CT molecular complexity index is 674. The van der Waals surface area contributed by atoms with Crippen LogP contribution in [0, 0.1) is 0 Å². The number of carbonyl (C=O) groups excluding carboxylic acids is 2. The third-order valence-electron chi connectivity index (χ3n) is 3.15. The molecule has 0 bridgehead atoms. The summed E-state index contributed by atoms with van der Waals surface area (Å²) in [5, 5.41) is 2.44. The Morgan fingerprint density at radius 2 is 1.88 bits per heavy atom. The molecule has 0 aliphatic heterocycles. The number of nitrogens with one attached hydrogen (secondary N) is 2. The van der Waals surface area contributed by atoms with Crippen molar-refractivity contribution in [2.45, 2.75) is 32.2 Å². The third-order valence-corrected chi connectivity index (χ3v) is 3.64. The molecule has 10 heteroatoms. The molecule has 1 rings (SSSR count). The summed E-state index contributed by atoms with van der Waals surface area (Å²) in [6, 6.07) is 4.98. The Hall–Kier alpha value is -2.33. The van der Waals surface area contributed by atoms with Gasteiger partial charge in [0.25, 0.3) is 0 Å². The minimum absolute atomic E-state index is 0.127. The van der Waals surface area contributed by atoms with Crippen LogP contribution in [0.15, 0.2) is 24.3 Å². The van der Waals surface area contributed by atoms with Crippen molar-refractivity contribution >= 4 is 28.1 Å². The van der Waals surface area contributed by atoms with Crippen LogP contribution >= 0.6 is 0 Å². The van der Waals surface area contributed by atoms with E-state index in [0.29, 0.717) is 5.56 Å². The summed E-state index contributed by atoms with van der Waals surface area (Å²) in [6.45, 7) is 2.21. The van der Waals surface area contributed by atoms with Crippen molar-refractivity contribution in [2.24, 2.45) is 0 Å². The average Bonchev–Trinajstić information content (AvgIpc) is 2.54. The quantitative estimate of drug-likeness (QED) is 0.339. The maximum absolute atomic E-state index is 11.8. The van der Waals surface area contributed by atoms with Crippen molar-refractivity contribution in [2.75, 3.05) is 18.4 Å². The number of benzene rings is 1. The zero-order valence-electron chi connectivity index (χ0n) is 14.0. The van der Waals surface area contributed by atoms with E-state index in [1.807, 2.05) is 11.6 Å². The molecule has 1 amide bonds. The lowest BCUT2D eigenvalue weighted by Crippen LogP contribution is -2.43. The molecule has 0 fully saturated rings. The Morgan fingerprint density at radius 3 is 2.40 bits per heavy atom. The molecule has 0 saturated heterocycles. The maximum atomic E-state index is 11.8. The first kappa shape index (κ1) is 20.7. The number of esters is 1. The summed E-state index contributed by atoms with van der Waals surface area (Å²) in [5.41, 5.74) is 0.804. The zero-order chi connectivity index (χ0) is 18.9. The highest BCUT2D eigenvalue weighted by molar-refractivity contribution is 7.87. The number of ether oxygens (including phenoxy) is 2. The molecule has 140 valence electrons. The van der Waals surface area contributed by atoms with E-state index < -0.39 is 28.4 Å². The van der Waals surface area contributed by atoms with Gasteiger partial charge in [0, 0.05) is 6.42 Å². The van der Waals surface area contributed by atoms with Gasteiger partial charge >= 0.3 is 22.4 Å². The average molecular weight is 374 g/mol. The van der Waals surface area contributed by atoms with Gasteiger partial charge in [0.2, 0.25) is 0 Å². The van der Waals surface area contributed by atoms with E-state index in [0.717, 1.165) is 12.8 Å². The van der Waals surface area contributed by atoms with E-state index in [2.05, 4.69) is 10.1 Å². The molecule has 1 atom stereocenters. The largest absolute Gasteiger partial charge is 0.467 e. The molecule has 1 aromatic rings. The van der Waals surface area contributed by atoms with Crippen molar-refractivity contribution in [3.63, 3.8) is 0 Å². The van der Waals surface area contributed by atoms with Gasteiger partial charge in [-0.1, -0.05) is 25.5 Å². The summed E-state index contributed by atoms with van der Waals surface area (Å²) >= 11 is 0. The van der Waals surface area contributed by atoms with Gasteiger partial charge in [-0.25, -0.2) is 9.59 Å². The Labute approximate surface area is 146 Å². The first-order valence-corrected chi connectivity index (χ1v) is 9.04. The van der Waals surface area contributed by atoms with Crippen molar-refractivity contribution in [1.82, 2.24) is 5.32 Å². The normalized spacial score (nSPS) is 12.1. The molecule has 0 saturated carbocycles. The first-order valence-electron chi connectivity index (χ1n) is 7.60. The molecule has 0 radical (unpaired) electrons. The van der Waals surface area contributed by atoms with Gasteiger partial charge in [-0.15, -0.1) is 0 Å². The second kappa shape index (κ2) is 9.84. The summed E-state index contributed by atoms with van der Waals surface area (Å²) in [6.07, 6.45) is 1.01.